The van der Waals surface area contributed by atoms with E-state index in [2.05, 4.69) is 29.4 Å². The maximum Gasteiger partial charge on any atom is 0.218 e. The third-order valence-corrected chi connectivity index (χ3v) is 3.41. The molecule has 1 aromatic heterocycles. The van der Waals surface area contributed by atoms with Gasteiger partial charge < -0.3 is 10.1 Å². The molecule has 0 radical (unpaired) electrons. The Bertz CT molecular complexity index is 415. The van der Waals surface area contributed by atoms with E-state index < -0.39 is 0 Å². The zero-order valence-corrected chi connectivity index (χ0v) is 11.3. The van der Waals surface area contributed by atoms with E-state index in [0.29, 0.717) is 0 Å². The Kier molecular flexibility index (Phi) is 4.76. The van der Waals surface area contributed by atoms with Crippen molar-refractivity contribution in [3.05, 3.63) is 35.5 Å². The molecule has 1 aromatic rings. The van der Waals surface area contributed by atoms with Gasteiger partial charge in [-0.25, -0.2) is 4.98 Å². The molecule has 0 aromatic carbocycles. The summed E-state index contributed by atoms with van der Waals surface area (Å²) in [6.07, 6.45) is 9.13. The maximum absolute atomic E-state index is 5.39. The summed E-state index contributed by atoms with van der Waals surface area (Å²) in [5, 5.41) is 3.56. The first-order chi connectivity index (χ1) is 8.86. The number of methoxy groups -OCH3 is 1. The lowest BCUT2D eigenvalue weighted by molar-refractivity contribution is 0.385. The largest absolute Gasteiger partial charge is 0.481 e. The highest BCUT2D eigenvalue weighted by atomic mass is 16.5. The second kappa shape index (κ2) is 6.55. The molecule has 0 saturated carbocycles. The number of nitrogens with one attached hydrogen (secondary N) is 1. The molecule has 1 aliphatic rings. The van der Waals surface area contributed by atoms with Gasteiger partial charge in [-0.1, -0.05) is 24.6 Å². The van der Waals surface area contributed by atoms with Crippen LogP contribution in [0.2, 0.25) is 0 Å². The molecule has 0 saturated heterocycles. The third-order valence-electron chi connectivity index (χ3n) is 3.41. The molecule has 1 N–H and O–H groups in total. The molecule has 3 nitrogen and oxygen atoms in total. The number of rotatable bonds is 5. The number of allylic oxidation sites excluding steroid dienone is 1. The van der Waals surface area contributed by atoms with Crippen LogP contribution < -0.4 is 10.1 Å². The summed E-state index contributed by atoms with van der Waals surface area (Å²) in [6, 6.07) is 4.33. The number of pyridine rings is 1. The minimum atomic E-state index is 0.249. The van der Waals surface area contributed by atoms with Gasteiger partial charge in [-0.3, -0.25) is 0 Å². The quantitative estimate of drug-likeness (QED) is 0.810. The van der Waals surface area contributed by atoms with E-state index in [0.717, 1.165) is 18.0 Å². The molecular weight excluding hydrogens is 224 g/mol. The molecule has 98 valence electrons. The lowest BCUT2D eigenvalue weighted by atomic mass is 9.90. The Labute approximate surface area is 109 Å². The second-order valence-electron chi connectivity index (χ2n) is 4.62. The van der Waals surface area contributed by atoms with Crippen LogP contribution in [0.15, 0.2) is 30.0 Å². The van der Waals surface area contributed by atoms with Crippen molar-refractivity contribution >= 4 is 0 Å². The van der Waals surface area contributed by atoms with Gasteiger partial charge in [0.2, 0.25) is 5.88 Å². The van der Waals surface area contributed by atoms with Gasteiger partial charge in [0.05, 0.1) is 13.2 Å². The van der Waals surface area contributed by atoms with Gasteiger partial charge >= 0.3 is 0 Å². The van der Waals surface area contributed by atoms with Crippen molar-refractivity contribution < 1.29 is 4.74 Å². The molecule has 0 aliphatic heterocycles. The summed E-state index contributed by atoms with van der Waals surface area (Å²) in [5.74, 6) is 0.731. The van der Waals surface area contributed by atoms with Crippen LogP contribution in [0.3, 0.4) is 0 Å². The number of ether oxygens (including phenoxy) is 1. The first kappa shape index (κ1) is 13.1. The molecule has 3 heteroatoms. The van der Waals surface area contributed by atoms with Crippen LogP contribution in [-0.4, -0.2) is 18.6 Å². The fourth-order valence-electron chi connectivity index (χ4n) is 2.56. The van der Waals surface area contributed by atoms with Crippen molar-refractivity contribution in [3.8, 4) is 5.88 Å². The highest BCUT2D eigenvalue weighted by molar-refractivity contribution is 5.35. The van der Waals surface area contributed by atoms with Crippen molar-refractivity contribution in [2.45, 2.75) is 38.6 Å². The molecular formula is C15H22N2O. The first-order valence-electron chi connectivity index (χ1n) is 6.78. The van der Waals surface area contributed by atoms with Crippen LogP contribution in [-0.2, 0) is 0 Å². The summed E-state index contributed by atoms with van der Waals surface area (Å²) < 4.78 is 5.39. The van der Waals surface area contributed by atoms with Crippen LogP contribution in [0.1, 0.15) is 44.2 Å². The smallest absolute Gasteiger partial charge is 0.218 e. The molecule has 2 rings (SSSR count). The summed E-state index contributed by atoms with van der Waals surface area (Å²) >= 11 is 0. The summed E-state index contributed by atoms with van der Waals surface area (Å²) in [7, 11) is 1.68. The lowest BCUT2D eigenvalue weighted by Gasteiger charge is -2.25. The predicted octanol–water partition coefficient (Wildman–Crippen LogP) is 3.24. The van der Waals surface area contributed by atoms with Crippen molar-refractivity contribution in [2.75, 3.05) is 13.7 Å². The van der Waals surface area contributed by atoms with E-state index in [1.165, 1.54) is 31.3 Å². The molecule has 1 heterocycles. The Morgan fingerprint density at radius 2 is 2.33 bits per heavy atom. The van der Waals surface area contributed by atoms with Crippen molar-refractivity contribution in [2.24, 2.45) is 0 Å². The molecule has 0 bridgehead atoms. The van der Waals surface area contributed by atoms with Crippen molar-refractivity contribution in [3.63, 3.8) is 0 Å². The molecule has 0 spiro atoms. The maximum atomic E-state index is 5.39. The minimum absolute atomic E-state index is 0.249. The molecule has 1 atom stereocenters. The highest BCUT2D eigenvalue weighted by Gasteiger charge is 2.20. The molecule has 1 unspecified atom stereocenters. The molecule has 0 fully saturated rings. The Balaban J connectivity index is 2.31. The third kappa shape index (κ3) is 2.91. The van der Waals surface area contributed by atoms with Crippen molar-refractivity contribution in [1.29, 1.82) is 0 Å². The zero-order chi connectivity index (χ0) is 12.8. The van der Waals surface area contributed by atoms with Gasteiger partial charge in [-0.2, -0.15) is 0 Å². The van der Waals surface area contributed by atoms with E-state index in [1.807, 2.05) is 6.07 Å². The van der Waals surface area contributed by atoms with Gasteiger partial charge in [0.15, 0.2) is 0 Å². The zero-order valence-electron chi connectivity index (χ0n) is 11.3. The van der Waals surface area contributed by atoms with Gasteiger partial charge in [-0.15, -0.1) is 0 Å². The average molecular weight is 246 g/mol. The summed E-state index contributed by atoms with van der Waals surface area (Å²) in [5.41, 5.74) is 2.63. The Morgan fingerprint density at radius 3 is 3.00 bits per heavy atom. The standard InChI is InChI=1S/C15H22N2O/c1-3-16-14(12-8-5-4-6-9-12)13-10-7-11-17-15(13)18-2/h7-8,10-11,14,16H,3-6,9H2,1-2H3. The highest BCUT2D eigenvalue weighted by Crippen LogP contribution is 2.33. The SMILES string of the molecule is CCNC(C1=CCCCC1)c1cccnc1OC. The van der Waals surface area contributed by atoms with Gasteiger partial charge in [0.1, 0.15) is 0 Å². The summed E-state index contributed by atoms with van der Waals surface area (Å²) in [6.45, 7) is 3.08. The van der Waals surface area contributed by atoms with E-state index in [1.54, 1.807) is 13.3 Å². The molecule has 18 heavy (non-hydrogen) atoms. The Hall–Kier alpha value is -1.35. The predicted molar refractivity (Wildman–Crippen MR) is 73.8 cm³/mol. The van der Waals surface area contributed by atoms with Crippen LogP contribution in [0.4, 0.5) is 0 Å². The van der Waals surface area contributed by atoms with E-state index >= 15 is 0 Å². The average Bonchev–Trinajstić information content (AvgIpc) is 2.46. The van der Waals surface area contributed by atoms with E-state index in [9.17, 15) is 0 Å². The fourth-order valence-corrected chi connectivity index (χ4v) is 2.56. The van der Waals surface area contributed by atoms with Crippen LogP contribution >= 0.6 is 0 Å². The van der Waals surface area contributed by atoms with Gasteiger partial charge in [0.25, 0.3) is 0 Å². The second-order valence-corrected chi connectivity index (χ2v) is 4.62. The lowest BCUT2D eigenvalue weighted by Crippen LogP contribution is -2.24. The number of hydrogen-bond donors (Lipinski definition) is 1. The molecule has 1 aliphatic carbocycles. The van der Waals surface area contributed by atoms with Crippen LogP contribution in [0.5, 0.6) is 5.88 Å². The Morgan fingerprint density at radius 1 is 1.44 bits per heavy atom. The summed E-state index contributed by atoms with van der Waals surface area (Å²) in [4.78, 5) is 4.31. The minimum Gasteiger partial charge on any atom is -0.481 e. The van der Waals surface area contributed by atoms with Crippen LogP contribution in [0.25, 0.3) is 0 Å². The van der Waals surface area contributed by atoms with Crippen LogP contribution in [0, 0.1) is 0 Å². The first-order valence-corrected chi connectivity index (χ1v) is 6.78. The normalized spacial score (nSPS) is 17.1. The number of aromatic nitrogens is 1. The van der Waals surface area contributed by atoms with Gasteiger partial charge in [0, 0.05) is 11.8 Å². The van der Waals surface area contributed by atoms with Crippen molar-refractivity contribution in [1.82, 2.24) is 10.3 Å². The monoisotopic (exact) mass is 246 g/mol. The topological polar surface area (TPSA) is 34.2 Å². The fraction of sp³-hybridized carbons (Fsp3) is 0.533. The number of hydrogen-bond acceptors (Lipinski definition) is 3. The number of likely N-dealkylation sites (N-methyl/N-ethyl adjacent to an activating group) is 1. The van der Waals surface area contributed by atoms with E-state index in [-0.39, 0.29) is 6.04 Å². The molecule has 0 amide bonds. The number of nitrogens with zero attached hydrogens (tertiary/aromatic N) is 1. The van der Waals surface area contributed by atoms with Gasteiger partial charge in [-0.05, 0) is 38.3 Å². The van der Waals surface area contributed by atoms with E-state index in [4.69, 9.17) is 4.74 Å².